The van der Waals surface area contributed by atoms with Crippen molar-refractivity contribution in [2.45, 2.75) is 19.4 Å². The fourth-order valence-corrected chi connectivity index (χ4v) is 1.23. The molecule has 3 N–H and O–H groups in total. The van der Waals surface area contributed by atoms with Crippen LogP contribution >= 0.6 is 0 Å². The van der Waals surface area contributed by atoms with E-state index >= 15 is 0 Å². The lowest BCUT2D eigenvalue weighted by molar-refractivity contribution is -0.0340. The molecule has 0 aromatic carbocycles. The van der Waals surface area contributed by atoms with E-state index in [0.717, 1.165) is 0 Å². The Balaban J connectivity index is 2.86. The van der Waals surface area contributed by atoms with Crippen LogP contribution in [0.1, 0.15) is 19.4 Å². The maximum absolute atomic E-state index is 10.1. The van der Waals surface area contributed by atoms with Crippen LogP contribution in [-0.4, -0.2) is 23.3 Å². The van der Waals surface area contributed by atoms with E-state index in [0.29, 0.717) is 17.9 Å². The summed E-state index contributed by atoms with van der Waals surface area (Å²) in [7, 11) is 0. The Kier molecular flexibility index (Phi) is 3.43. The largest absolute Gasteiger partial charge is 0.398 e. The first-order chi connectivity index (χ1) is 6.58. The summed E-state index contributed by atoms with van der Waals surface area (Å²) >= 11 is 0. The van der Waals surface area contributed by atoms with Crippen molar-refractivity contribution >= 4 is 5.69 Å². The van der Waals surface area contributed by atoms with Crippen molar-refractivity contribution in [1.82, 2.24) is 4.98 Å². The molecule has 78 valence electrons. The van der Waals surface area contributed by atoms with Crippen molar-refractivity contribution < 1.29 is 9.84 Å². The van der Waals surface area contributed by atoms with Crippen LogP contribution in [0, 0.1) is 0 Å². The Labute approximate surface area is 83.7 Å². The highest BCUT2D eigenvalue weighted by molar-refractivity contribution is 5.47. The molecular weight excluding hydrogens is 180 g/mol. The predicted molar refractivity (Wildman–Crippen MR) is 54.7 cm³/mol. The second-order valence-corrected chi connectivity index (χ2v) is 3.37. The molecule has 14 heavy (non-hydrogen) atoms. The van der Waals surface area contributed by atoms with Crippen LogP contribution in [0.15, 0.2) is 18.5 Å². The summed E-state index contributed by atoms with van der Waals surface area (Å²) in [5, 5.41) is 10.1. The van der Waals surface area contributed by atoms with Crippen molar-refractivity contribution in [2.24, 2.45) is 0 Å². The van der Waals surface area contributed by atoms with Gasteiger partial charge < -0.3 is 15.6 Å². The minimum absolute atomic E-state index is 0.222. The third-order valence-electron chi connectivity index (χ3n) is 2.02. The molecule has 1 atom stereocenters. The summed E-state index contributed by atoms with van der Waals surface area (Å²) < 4.78 is 5.17. The summed E-state index contributed by atoms with van der Waals surface area (Å²) in [6, 6.07) is 1.66. The van der Waals surface area contributed by atoms with E-state index in [1.54, 1.807) is 25.4 Å². The van der Waals surface area contributed by atoms with Gasteiger partial charge in [0.15, 0.2) is 0 Å². The van der Waals surface area contributed by atoms with Gasteiger partial charge in [0.1, 0.15) is 5.60 Å². The number of pyridine rings is 1. The maximum Gasteiger partial charge on any atom is 0.114 e. The molecule has 1 heterocycles. The third kappa shape index (κ3) is 2.43. The molecule has 1 aromatic heterocycles. The van der Waals surface area contributed by atoms with Gasteiger partial charge in [0.05, 0.1) is 6.61 Å². The second-order valence-electron chi connectivity index (χ2n) is 3.37. The number of hydrogen-bond acceptors (Lipinski definition) is 4. The Morgan fingerprint density at radius 3 is 2.93 bits per heavy atom. The first-order valence-electron chi connectivity index (χ1n) is 4.58. The number of anilines is 1. The molecular formula is C10H16N2O2. The molecule has 1 unspecified atom stereocenters. The van der Waals surface area contributed by atoms with E-state index in [-0.39, 0.29) is 6.61 Å². The highest BCUT2D eigenvalue weighted by Gasteiger charge is 2.25. The molecule has 0 bridgehead atoms. The molecule has 0 saturated heterocycles. The third-order valence-corrected chi connectivity index (χ3v) is 2.02. The molecule has 0 aliphatic rings. The zero-order chi connectivity index (χ0) is 10.6. The molecule has 0 radical (unpaired) electrons. The van der Waals surface area contributed by atoms with E-state index in [9.17, 15) is 5.11 Å². The SMILES string of the molecule is CCOCC(C)(O)c1cnccc1N. The minimum atomic E-state index is -1.08. The van der Waals surface area contributed by atoms with Crippen LogP contribution in [0.2, 0.25) is 0 Å². The Hall–Kier alpha value is -1.13. The van der Waals surface area contributed by atoms with E-state index in [1.807, 2.05) is 6.92 Å². The zero-order valence-corrected chi connectivity index (χ0v) is 8.53. The average molecular weight is 196 g/mol. The number of nitrogens with two attached hydrogens (primary N) is 1. The van der Waals surface area contributed by atoms with Gasteiger partial charge in [-0.05, 0) is 19.9 Å². The number of nitrogen functional groups attached to an aromatic ring is 1. The quantitative estimate of drug-likeness (QED) is 0.751. The highest BCUT2D eigenvalue weighted by atomic mass is 16.5. The van der Waals surface area contributed by atoms with Crippen molar-refractivity contribution in [3.05, 3.63) is 24.0 Å². The summed E-state index contributed by atoms with van der Waals surface area (Å²) in [6.07, 6.45) is 3.16. The molecule has 0 fully saturated rings. The number of nitrogens with zero attached hydrogens (tertiary/aromatic N) is 1. The first-order valence-corrected chi connectivity index (χ1v) is 4.58. The standard InChI is InChI=1S/C10H16N2O2/c1-3-14-7-10(2,13)8-6-12-5-4-9(8)11/h4-6,13H,3,7H2,1-2H3,(H2,11,12). The fourth-order valence-electron chi connectivity index (χ4n) is 1.23. The zero-order valence-electron chi connectivity index (χ0n) is 8.53. The van der Waals surface area contributed by atoms with Gasteiger partial charge in [0, 0.05) is 30.3 Å². The maximum atomic E-state index is 10.1. The van der Waals surface area contributed by atoms with Crippen LogP contribution in [0.4, 0.5) is 5.69 Å². The van der Waals surface area contributed by atoms with Crippen LogP contribution in [-0.2, 0) is 10.3 Å². The summed E-state index contributed by atoms with van der Waals surface area (Å²) in [4.78, 5) is 3.92. The molecule has 0 spiro atoms. The monoisotopic (exact) mass is 196 g/mol. The van der Waals surface area contributed by atoms with Crippen molar-refractivity contribution in [1.29, 1.82) is 0 Å². The van der Waals surface area contributed by atoms with Gasteiger partial charge in [0.25, 0.3) is 0 Å². The smallest absolute Gasteiger partial charge is 0.114 e. The van der Waals surface area contributed by atoms with Crippen molar-refractivity contribution in [3.8, 4) is 0 Å². The molecule has 4 heteroatoms. The van der Waals surface area contributed by atoms with Gasteiger partial charge in [-0.1, -0.05) is 0 Å². The van der Waals surface area contributed by atoms with Crippen LogP contribution in [0.25, 0.3) is 0 Å². The van der Waals surface area contributed by atoms with Crippen LogP contribution in [0.3, 0.4) is 0 Å². The molecule has 0 aliphatic carbocycles. The van der Waals surface area contributed by atoms with Gasteiger partial charge in [0.2, 0.25) is 0 Å². The van der Waals surface area contributed by atoms with E-state index in [2.05, 4.69) is 4.98 Å². The summed E-state index contributed by atoms with van der Waals surface area (Å²) in [5.41, 5.74) is 5.78. The van der Waals surface area contributed by atoms with Crippen LogP contribution < -0.4 is 5.73 Å². The van der Waals surface area contributed by atoms with Gasteiger partial charge in [-0.3, -0.25) is 4.98 Å². The fraction of sp³-hybridized carbons (Fsp3) is 0.500. The topological polar surface area (TPSA) is 68.4 Å². The lowest BCUT2D eigenvalue weighted by Crippen LogP contribution is -2.29. The lowest BCUT2D eigenvalue weighted by Gasteiger charge is -2.24. The van der Waals surface area contributed by atoms with Gasteiger partial charge in [-0.25, -0.2) is 0 Å². The number of aromatic nitrogens is 1. The number of rotatable bonds is 4. The number of ether oxygens (including phenoxy) is 1. The Bertz CT molecular complexity index is 300. The van der Waals surface area contributed by atoms with E-state index in [1.165, 1.54) is 0 Å². The van der Waals surface area contributed by atoms with Crippen molar-refractivity contribution in [2.75, 3.05) is 18.9 Å². The average Bonchev–Trinajstić information content (AvgIpc) is 2.15. The predicted octanol–water partition coefficient (Wildman–Crippen LogP) is 0.908. The van der Waals surface area contributed by atoms with Gasteiger partial charge in [-0.2, -0.15) is 0 Å². The van der Waals surface area contributed by atoms with E-state index < -0.39 is 5.60 Å². The molecule has 0 aliphatic heterocycles. The Morgan fingerprint density at radius 2 is 2.36 bits per heavy atom. The summed E-state index contributed by atoms with van der Waals surface area (Å²) in [6.45, 7) is 4.33. The second kappa shape index (κ2) is 4.39. The van der Waals surface area contributed by atoms with Gasteiger partial charge >= 0.3 is 0 Å². The van der Waals surface area contributed by atoms with Crippen molar-refractivity contribution in [3.63, 3.8) is 0 Å². The minimum Gasteiger partial charge on any atom is -0.398 e. The highest BCUT2D eigenvalue weighted by Crippen LogP contribution is 2.25. The first kappa shape index (κ1) is 10.9. The van der Waals surface area contributed by atoms with E-state index in [4.69, 9.17) is 10.5 Å². The lowest BCUT2D eigenvalue weighted by atomic mass is 9.97. The molecule has 0 amide bonds. The summed E-state index contributed by atoms with van der Waals surface area (Å²) in [5.74, 6) is 0. The molecule has 1 rings (SSSR count). The van der Waals surface area contributed by atoms with Crippen LogP contribution in [0.5, 0.6) is 0 Å². The Morgan fingerprint density at radius 1 is 1.64 bits per heavy atom. The molecule has 0 saturated carbocycles. The number of hydrogen-bond donors (Lipinski definition) is 2. The normalized spacial score (nSPS) is 15.1. The van der Waals surface area contributed by atoms with Gasteiger partial charge in [-0.15, -0.1) is 0 Å². The molecule has 1 aromatic rings. The molecule has 4 nitrogen and oxygen atoms in total. The number of aliphatic hydroxyl groups is 1.